The second kappa shape index (κ2) is 6.47. The third kappa shape index (κ3) is 3.45. The quantitative estimate of drug-likeness (QED) is 0.891. The van der Waals surface area contributed by atoms with E-state index < -0.39 is 18.1 Å². The van der Waals surface area contributed by atoms with Gasteiger partial charge in [-0.15, -0.1) is 0 Å². The van der Waals surface area contributed by atoms with E-state index in [1.54, 1.807) is 38.3 Å². The lowest BCUT2D eigenvalue weighted by molar-refractivity contribution is -0.150. The number of nitrogens with zero attached hydrogens (tertiary/aromatic N) is 1. The first-order valence-electron chi connectivity index (χ1n) is 6.87. The van der Waals surface area contributed by atoms with Gasteiger partial charge in [-0.3, -0.25) is 4.79 Å². The standard InChI is InChI=1S/C15H19NO5/c1-10(21-12-7-5-11(20-2)6-8-12)14(17)16-9-3-4-13(16)15(18)19/h5-8,10,13H,3-4,9H2,1-2H3,(H,18,19)/t10?,13-/m1/s1. The molecule has 6 nitrogen and oxygen atoms in total. The molecule has 1 saturated heterocycles. The molecule has 0 spiro atoms. The van der Waals surface area contributed by atoms with Crippen molar-refractivity contribution in [3.05, 3.63) is 24.3 Å². The van der Waals surface area contributed by atoms with Gasteiger partial charge < -0.3 is 19.5 Å². The van der Waals surface area contributed by atoms with Crippen molar-refractivity contribution in [3.8, 4) is 11.5 Å². The number of likely N-dealkylation sites (tertiary alicyclic amines) is 1. The van der Waals surface area contributed by atoms with Crippen molar-refractivity contribution in [1.29, 1.82) is 0 Å². The number of methoxy groups -OCH3 is 1. The molecule has 1 aromatic carbocycles. The highest BCUT2D eigenvalue weighted by Crippen LogP contribution is 2.22. The van der Waals surface area contributed by atoms with Crippen LogP contribution in [0.15, 0.2) is 24.3 Å². The molecule has 21 heavy (non-hydrogen) atoms. The Labute approximate surface area is 123 Å². The van der Waals surface area contributed by atoms with Gasteiger partial charge in [0.15, 0.2) is 6.10 Å². The lowest BCUT2D eigenvalue weighted by Gasteiger charge is -2.25. The highest BCUT2D eigenvalue weighted by atomic mass is 16.5. The van der Waals surface area contributed by atoms with Crippen LogP contribution < -0.4 is 9.47 Å². The molecular formula is C15H19NO5. The topological polar surface area (TPSA) is 76.1 Å². The first-order valence-corrected chi connectivity index (χ1v) is 6.87. The molecular weight excluding hydrogens is 274 g/mol. The van der Waals surface area contributed by atoms with E-state index in [1.165, 1.54) is 4.90 Å². The van der Waals surface area contributed by atoms with Gasteiger partial charge in [0.1, 0.15) is 17.5 Å². The monoisotopic (exact) mass is 293 g/mol. The van der Waals surface area contributed by atoms with Crippen molar-refractivity contribution in [2.45, 2.75) is 31.9 Å². The molecule has 1 aromatic rings. The van der Waals surface area contributed by atoms with Crippen LogP contribution in [0.4, 0.5) is 0 Å². The Morgan fingerprint density at radius 3 is 2.48 bits per heavy atom. The number of carbonyl (C=O) groups is 2. The lowest BCUT2D eigenvalue weighted by atomic mass is 10.2. The zero-order chi connectivity index (χ0) is 15.4. The predicted octanol–water partition coefficient (Wildman–Crippen LogP) is 1.54. The Bertz CT molecular complexity index is 513. The fourth-order valence-corrected chi connectivity index (χ4v) is 2.43. The molecule has 1 N–H and O–H groups in total. The van der Waals surface area contributed by atoms with E-state index in [1.807, 2.05) is 0 Å². The molecule has 0 aliphatic carbocycles. The van der Waals surface area contributed by atoms with Crippen LogP contribution in [-0.4, -0.2) is 47.7 Å². The molecule has 0 aromatic heterocycles. The zero-order valence-corrected chi connectivity index (χ0v) is 12.1. The average molecular weight is 293 g/mol. The molecule has 0 radical (unpaired) electrons. The average Bonchev–Trinajstić information content (AvgIpc) is 2.96. The molecule has 0 bridgehead atoms. The zero-order valence-electron chi connectivity index (χ0n) is 12.1. The van der Waals surface area contributed by atoms with Gasteiger partial charge in [-0.1, -0.05) is 0 Å². The molecule has 0 saturated carbocycles. The Kier molecular flexibility index (Phi) is 4.67. The van der Waals surface area contributed by atoms with Crippen molar-refractivity contribution in [1.82, 2.24) is 4.90 Å². The molecule has 6 heteroatoms. The van der Waals surface area contributed by atoms with Crippen LogP contribution in [0.5, 0.6) is 11.5 Å². The number of carboxylic acids is 1. The maximum atomic E-state index is 12.3. The molecule has 114 valence electrons. The van der Waals surface area contributed by atoms with Crippen molar-refractivity contribution in [2.75, 3.05) is 13.7 Å². The number of carbonyl (C=O) groups excluding carboxylic acids is 1. The molecule has 1 fully saturated rings. The first-order chi connectivity index (χ1) is 10.0. The number of benzene rings is 1. The summed E-state index contributed by atoms with van der Waals surface area (Å²) < 4.78 is 10.6. The third-order valence-electron chi connectivity index (χ3n) is 3.54. The minimum atomic E-state index is -0.961. The van der Waals surface area contributed by atoms with Gasteiger partial charge in [-0.05, 0) is 44.0 Å². The number of hydrogen-bond acceptors (Lipinski definition) is 4. The molecule has 1 unspecified atom stereocenters. The number of rotatable bonds is 5. The van der Waals surface area contributed by atoms with Crippen LogP contribution in [0, 0.1) is 0 Å². The third-order valence-corrected chi connectivity index (χ3v) is 3.54. The molecule has 2 atom stereocenters. The van der Waals surface area contributed by atoms with E-state index in [-0.39, 0.29) is 5.91 Å². The predicted molar refractivity (Wildman–Crippen MR) is 75.5 cm³/mol. The summed E-state index contributed by atoms with van der Waals surface area (Å²) in [7, 11) is 1.57. The summed E-state index contributed by atoms with van der Waals surface area (Å²) in [6, 6.07) is 6.16. The van der Waals surface area contributed by atoms with Crippen LogP contribution in [-0.2, 0) is 9.59 Å². The lowest BCUT2D eigenvalue weighted by Crippen LogP contribution is -2.46. The van der Waals surface area contributed by atoms with Crippen LogP contribution in [0.2, 0.25) is 0 Å². The largest absolute Gasteiger partial charge is 0.497 e. The van der Waals surface area contributed by atoms with Crippen LogP contribution in [0.3, 0.4) is 0 Å². The summed E-state index contributed by atoms with van der Waals surface area (Å²) in [4.78, 5) is 24.8. The van der Waals surface area contributed by atoms with Gasteiger partial charge >= 0.3 is 5.97 Å². The smallest absolute Gasteiger partial charge is 0.326 e. The second-order valence-electron chi connectivity index (χ2n) is 4.96. The maximum Gasteiger partial charge on any atom is 0.326 e. The summed E-state index contributed by atoms with van der Waals surface area (Å²) >= 11 is 0. The molecule has 1 aliphatic rings. The SMILES string of the molecule is COc1ccc(OC(C)C(=O)N2CCC[C@@H]2C(=O)O)cc1. The van der Waals surface area contributed by atoms with Crippen LogP contribution in [0.1, 0.15) is 19.8 Å². The van der Waals surface area contributed by atoms with Crippen LogP contribution >= 0.6 is 0 Å². The number of amides is 1. The van der Waals surface area contributed by atoms with E-state index in [4.69, 9.17) is 14.6 Å². The van der Waals surface area contributed by atoms with Gasteiger partial charge in [0.05, 0.1) is 7.11 Å². The number of hydrogen-bond donors (Lipinski definition) is 1. The van der Waals surface area contributed by atoms with E-state index in [2.05, 4.69) is 0 Å². The minimum Gasteiger partial charge on any atom is -0.497 e. The van der Waals surface area contributed by atoms with Gasteiger partial charge in [0, 0.05) is 6.54 Å². The van der Waals surface area contributed by atoms with E-state index >= 15 is 0 Å². The maximum absolute atomic E-state index is 12.3. The Hall–Kier alpha value is -2.24. The Morgan fingerprint density at radius 2 is 1.90 bits per heavy atom. The molecule has 1 amide bonds. The first kappa shape index (κ1) is 15.2. The fourth-order valence-electron chi connectivity index (χ4n) is 2.43. The summed E-state index contributed by atoms with van der Waals surface area (Å²) in [5, 5.41) is 9.11. The van der Waals surface area contributed by atoms with Crippen molar-refractivity contribution < 1.29 is 24.2 Å². The summed E-state index contributed by atoms with van der Waals surface area (Å²) in [5.74, 6) is -0.0113. The highest BCUT2D eigenvalue weighted by Gasteiger charge is 2.36. The Balaban J connectivity index is 2.00. The number of carboxylic acid groups (broad SMARTS) is 1. The van der Waals surface area contributed by atoms with Gasteiger partial charge in [-0.2, -0.15) is 0 Å². The number of aliphatic carboxylic acids is 1. The summed E-state index contributed by atoms with van der Waals surface area (Å²) in [6.45, 7) is 2.09. The fraction of sp³-hybridized carbons (Fsp3) is 0.467. The van der Waals surface area contributed by atoms with Gasteiger partial charge in [-0.25, -0.2) is 4.79 Å². The summed E-state index contributed by atoms with van der Waals surface area (Å²) in [5.41, 5.74) is 0. The van der Waals surface area contributed by atoms with Crippen molar-refractivity contribution in [2.24, 2.45) is 0 Å². The molecule has 1 aliphatic heterocycles. The normalized spacial score (nSPS) is 19.1. The minimum absolute atomic E-state index is 0.296. The second-order valence-corrected chi connectivity index (χ2v) is 4.96. The van der Waals surface area contributed by atoms with Gasteiger partial charge in [0.25, 0.3) is 5.91 Å². The molecule has 1 heterocycles. The van der Waals surface area contributed by atoms with Crippen LogP contribution in [0.25, 0.3) is 0 Å². The van der Waals surface area contributed by atoms with Gasteiger partial charge in [0.2, 0.25) is 0 Å². The molecule has 2 rings (SSSR count). The van der Waals surface area contributed by atoms with Crippen molar-refractivity contribution >= 4 is 11.9 Å². The van der Waals surface area contributed by atoms with Crippen molar-refractivity contribution in [3.63, 3.8) is 0 Å². The van der Waals surface area contributed by atoms with E-state index in [0.29, 0.717) is 30.9 Å². The Morgan fingerprint density at radius 1 is 1.29 bits per heavy atom. The summed E-state index contributed by atoms with van der Waals surface area (Å²) in [6.07, 6.45) is 0.479. The van der Waals surface area contributed by atoms with E-state index in [9.17, 15) is 9.59 Å². The number of ether oxygens (including phenoxy) is 2. The highest BCUT2D eigenvalue weighted by molar-refractivity contribution is 5.87. The van der Waals surface area contributed by atoms with E-state index in [0.717, 1.165) is 0 Å².